The van der Waals surface area contributed by atoms with Crippen molar-refractivity contribution < 1.29 is 4.42 Å². The van der Waals surface area contributed by atoms with Crippen LogP contribution in [0, 0.1) is 18.3 Å². The summed E-state index contributed by atoms with van der Waals surface area (Å²) in [5.74, 6) is 0.391. The molecule has 0 unspecified atom stereocenters. The zero-order valence-corrected chi connectivity index (χ0v) is 8.55. The maximum atomic E-state index is 8.75. The van der Waals surface area contributed by atoms with Gasteiger partial charge in [-0.25, -0.2) is 0 Å². The number of aryl methyl sites for hydroxylation is 1. The highest BCUT2D eigenvalue weighted by Crippen LogP contribution is 2.30. The van der Waals surface area contributed by atoms with Crippen LogP contribution in [0.1, 0.15) is 11.3 Å². The SMILES string of the molecule is Cc1c(C#N)oc2cccc(Br)c12. The number of rotatable bonds is 0. The highest BCUT2D eigenvalue weighted by Gasteiger charge is 2.11. The van der Waals surface area contributed by atoms with Gasteiger partial charge in [0, 0.05) is 15.4 Å². The van der Waals surface area contributed by atoms with E-state index in [9.17, 15) is 0 Å². The molecule has 2 nitrogen and oxygen atoms in total. The van der Waals surface area contributed by atoms with Crippen molar-refractivity contribution in [2.24, 2.45) is 0 Å². The molecule has 0 amide bonds. The molecule has 0 bridgehead atoms. The van der Waals surface area contributed by atoms with Crippen molar-refractivity contribution in [3.63, 3.8) is 0 Å². The number of hydrogen-bond donors (Lipinski definition) is 0. The molecule has 0 aliphatic carbocycles. The maximum absolute atomic E-state index is 8.75. The Morgan fingerprint density at radius 1 is 1.46 bits per heavy atom. The van der Waals surface area contributed by atoms with E-state index in [1.165, 1.54) is 0 Å². The van der Waals surface area contributed by atoms with Crippen molar-refractivity contribution in [3.05, 3.63) is 34.0 Å². The van der Waals surface area contributed by atoms with Gasteiger partial charge in [0.2, 0.25) is 5.76 Å². The molecule has 0 N–H and O–H groups in total. The number of benzene rings is 1. The Balaban J connectivity index is 2.95. The minimum Gasteiger partial charge on any atom is -0.445 e. The standard InChI is InChI=1S/C10H6BrNO/c1-6-9(5-12)13-8-4-2-3-7(11)10(6)8/h2-4H,1H3. The molecule has 0 saturated carbocycles. The van der Waals surface area contributed by atoms with E-state index in [-0.39, 0.29) is 0 Å². The topological polar surface area (TPSA) is 36.9 Å². The molecule has 0 aliphatic heterocycles. The van der Waals surface area contributed by atoms with Gasteiger partial charge in [-0.15, -0.1) is 0 Å². The first-order valence-electron chi connectivity index (χ1n) is 3.81. The molecule has 1 aromatic heterocycles. The number of nitrogens with zero attached hydrogens (tertiary/aromatic N) is 1. The summed E-state index contributed by atoms with van der Waals surface area (Å²) in [6.07, 6.45) is 0. The van der Waals surface area contributed by atoms with Crippen LogP contribution in [0.3, 0.4) is 0 Å². The molecule has 2 rings (SSSR count). The smallest absolute Gasteiger partial charge is 0.207 e. The lowest BCUT2D eigenvalue weighted by molar-refractivity contribution is 0.596. The first kappa shape index (κ1) is 8.33. The first-order valence-corrected chi connectivity index (χ1v) is 4.61. The predicted octanol–water partition coefficient (Wildman–Crippen LogP) is 3.38. The number of nitriles is 1. The highest BCUT2D eigenvalue weighted by molar-refractivity contribution is 9.10. The van der Waals surface area contributed by atoms with Gasteiger partial charge < -0.3 is 4.42 Å². The van der Waals surface area contributed by atoms with Crippen LogP contribution in [-0.2, 0) is 0 Å². The molecule has 1 heterocycles. The summed E-state index contributed by atoms with van der Waals surface area (Å²) in [6, 6.07) is 7.70. The van der Waals surface area contributed by atoms with E-state index in [4.69, 9.17) is 9.68 Å². The van der Waals surface area contributed by atoms with Crippen LogP contribution in [0.2, 0.25) is 0 Å². The van der Waals surface area contributed by atoms with E-state index in [1.807, 2.05) is 31.2 Å². The van der Waals surface area contributed by atoms with Gasteiger partial charge in [-0.1, -0.05) is 22.0 Å². The quantitative estimate of drug-likeness (QED) is 0.703. The van der Waals surface area contributed by atoms with Crippen LogP contribution < -0.4 is 0 Å². The predicted molar refractivity (Wildman–Crippen MR) is 53.4 cm³/mol. The van der Waals surface area contributed by atoms with E-state index in [0.717, 1.165) is 21.0 Å². The third-order valence-electron chi connectivity index (χ3n) is 2.00. The van der Waals surface area contributed by atoms with Crippen LogP contribution in [0.25, 0.3) is 11.0 Å². The van der Waals surface area contributed by atoms with Crippen molar-refractivity contribution in [2.45, 2.75) is 6.92 Å². The molecule has 0 spiro atoms. The molecular weight excluding hydrogens is 230 g/mol. The molecule has 0 radical (unpaired) electrons. The molecule has 2 aromatic rings. The van der Waals surface area contributed by atoms with Gasteiger partial charge in [-0.3, -0.25) is 0 Å². The van der Waals surface area contributed by atoms with Gasteiger partial charge in [0.05, 0.1) is 0 Å². The summed E-state index contributed by atoms with van der Waals surface area (Å²) < 4.78 is 6.30. The first-order chi connectivity index (χ1) is 6.24. The third kappa shape index (κ3) is 1.14. The minimum absolute atomic E-state index is 0.391. The molecule has 0 aliphatic rings. The second-order valence-corrected chi connectivity index (χ2v) is 3.64. The van der Waals surface area contributed by atoms with Crippen LogP contribution in [0.15, 0.2) is 27.1 Å². The van der Waals surface area contributed by atoms with E-state index >= 15 is 0 Å². The van der Waals surface area contributed by atoms with Crippen LogP contribution >= 0.6 is 15.9 Å². The fraction of sp³-hybridized carbons (Fsp3) is 0.100. The van der Waals surface area contributed by atoms with E-state index in [2.05, 4.69) is 15.9 Å². The largest absolute Gasteiger partial charge is 0.445 e. The summed E-state index contributed by atoms with van der Waals surface area (Å²) in [5.41, 5.74) is 1.65. The molecule has 0 saturated heterocycles. The van der Waals surface area contributed by atoms with E-state index < -0.39 is 0 Å². The summed E-state index contributed by atoms with van der Waals surface area (Å²) in [4.78, 5) is 0. The fourth-order valence-corrected chi connectivity index (χ4v) is 2.01. The van der Waals surface area contributed by atoms with Gasteiger partial charge in [-0.05, 0) is 19.1 Å². The Labute approximate surface area is 83.9 Å². The zero-order valence-electron chi connectivity index (χ0n) is 6.97. The number of furan rings is 1. The monoisotopic (exact) mass is 235 g/mol. The molecule has 13 heavy (non-hydrogen) atoms. The number of halogens is 1. The van der Waals surface area contributed by atoms with Crippen LogP contribution in [0.4, 0.5) is 0 Å². The molecule has 3 heteroatoms. The van der Waals surface area contributed by atoms with Gasteiger partial charge >= 0.3 is 0 Å². The van der Waals surface area contributed by atoms with Crippen molar-refractivity contribution in [1.82, 2.24) is 0 Å². The summed E-state index contributed by atoms with van der Waals surface area (Å²) in [5, 5.41) is 9.74. The summed E-state index contributed by atoms with van der Waals surface area (Å²) in [7, 11) is 0. The fourth-order valence-electron chi connectivity index (χ4n) is 1.36. The highest BCUT2D eigenvalue weighted by atomic mass is 79.9. The van der Waals surface area contributed by atoms with Crippen LogP contribution in [0.5, 0.6) is 0 Å². The molecule has 1 aromatic carbocycles. The Morgan fingerprint density at radius 3 is 2.85 bits per heavy atom. The Morgan fingerprint density at radius 2 is 2.23 bits per heavy atom. The maximum Gasteiger partial charge on any atom is 0.207 e. The molecule has 0 fully saturated rings. The van der Waals surface area contributed by atoms with E-state index in [1.54, 1.807) is 0 Å². The average Bonchev–Trinajstić information content (AvgIpc) is 2.44. The summed E-state index contributed by atoms with van der Waals surface area (Å²) in [6.45, 7) is 1.88. The minimum atomic E-state index is 0.391. The van der Waals surface area contributed by atoms with Crippen molar-refractivity contribution in [2.75, 3.05) is 0 Å². The molecule has 0 atom stereocenters. The number of fused-ring (bicyclic) bond motifs is 1. The lowest BCUT2D eigenvalue weighted by Gasteiger charge is -1.91. The zero-order chi connectivity index (χ0) is 9.42. The van der Waals surface area contributed by atoms with Gasteiger partial charge in [0.1, 0.15) is 11.7 Å². The molecular formula is C10H6BrNO. The second-order valence-electron chi connectivity index (χ2n) is 2.78. The van der Waals surface area contributed by atoms with Crippen molar-refractivity contribution in [1.29, 1.82) is 5.26 Å². The van der Waals surface area contributed by atoms with Gasteiger partial charge in [0.15, 0.2) is 0 Å². The van der Waals surface area contributed by atoms with Gasteiger partial charge in [-0.2, -0.15) is 5.26 Å². The Bertz CT molecular complexity index is 507. The lowest BCUT2D eigenvalue weighted by atomic mass is 10.1. The average molecular weight is 236 g/mol. The van der Waals surface area contributed by atoms with Crippen LogP contribution in [-0.4, -0.2) is 0 Å². The van der Waals surface area contributed by atoms with Gasteiger partial charge in [0.25, 0.3) is 0 Å². The summed E-state index contributed by atoms with van der Waals surface area (Å²) >= 11 is 3.42. The Kier molecular flexibility index (Phi) is 1.86. The second kappa shape index (κ2) is 2.90. The lowest BCUT2D eigenvalue weighted by Crippen LogP contribution is -1.73. The van der Waals surface area contributed by atoms with Crippen molar-refractivity contribution >= 4 is 26.9 Å². The number of hydrogen-bond acceptors (Lipinski definition) is 2. The third-order valence-corrected chi connectivity index (χ3v) is 2.67. The molecule has 64 valence electrons. The normalized spacial score (nSPS) is 10.2. The van der Waals surface area contributed by atoms with Crippen molar-refractivity contribution in [3.8, 4) is 6.07 Å². The Hall–Kier alpha value is -1.27. The van der Waals surface area contributed by atoms with E-state index in [0.29, 0.717) is 5.76 Å².